The van der Waals surface area contributed by atoms with E-state index in [1.165, 1.54) is 0 Å². The van der Waals surface area contributed by atoms with Crippen LogP contribution in [0.15, 0.2) is 0 Å². The zero-order chi connectivity index (χ0) is 10.3. The van der Waals surface area contributed by atoms with Crippen molar-refractivity contribution in [3.05, 3.63) is 0 Å². The molecule has 3 heteroatoms. The standard InChI is InChI=1S/C10H19F2N/c1-9(2)7(10(9,3)4)5-13-6-8(11)12/h7-8,13H,5-6H2,1-4H3. The van der Waals surface area contributed by atoms with E-state index in [0.29, 0.717) is 23.3 Å². The molecule has 0 radical (unpaired) electrons. The molecule has 0 aromatic heterocycles. The molecule has 1 nitrogen and oxygen atoms in total. The highest BCUT2D eigenvalue weighted by molar-refractivity contribution is 5.12. The first-order chi connectivity index (χ1) is 5.80. The van der Waals surface area contributed by atoms with Gasteiger partial charge in [0.1, 0.15) is 0 Å². The molecule has 13 heavy (non-hydrogen) atoms. The lowest BCUT2D eigenvalue weighted by molar-refractivity contribution is 0.145. The molecule has 0 heterocycles. The summed E-state index contributed by atoms with van der Waals surface area (Å²) in [6.45, 7) is 9.32. The summed E-state index contributed by atoms with van der Waals surface area (Å²) in [6, 6.07) is 0. The van der Waals surface area contributed by atoms with Crippen molar-refractivity contribution < 1.29 is 8.78 Å². The topological polar surface area (TPSA) is 12.0 Å². The summed E-state index contributed by atoms with van der Waals surface area (Å²) in [6.07, 6.45) is -2.23. The van der Waals surface area contributed by atoms with Gasteiger partial charge in [-0.15, -0.1) is 0 Å². The van der Waals surface area contributed by atoms with Crippen molar-refractivity contribution in [2.75, 3.05) is 13.1 Å². The number of alkyl halides is 2. The van der Waals surface area contributed by atoms with Crippen LogP contribution in [-0.2, 0) is 0 Å². The fourth-order valence-corrected chi connectivity index (χ4v) is 2.18. The minimum absolute atomic E-state index is 0.178. The fourth-order valence-electron chi connectivity index (χ4n) is 2.18. The highest BCUT2D eigenvalue weighted by atomic mass is 19.3. The molecule has 1 fully saturated rings. The van der Waals surface area contributed by atoms with Gasteiger partial charge in [0.15, 0.2) is 0 Å². The Bertz CT molecular complexity index is 173. The molecule has 78 valence electrons. The molecular weight excluding hydrogens is 172 g/mol. The van der Waals surface area contributed by atoms with Crippen molar-refractivity contribution in [2.24, 2.45) is 16.7 Å². The maximum absolute atomic E-state index is 11.8. The number of nitrogens with one attached hydrogen (secondary N) is 1. The molecule has 0 unspecified atom stereocenters. The second-order valence-corrected chi connectivity index (χ2v) is 5.05. The molecule has 0 saturated heterocycles. The molecule has 1 N–H and O–H groups in total. The van der Waals surface area contributed by atoms with Crippen molar-refractivity contribution in [3.8, 4) is 0 Å². The van der Waals surface area contributed by atoms with Crippen LogP contribution in [0.25, 0.3) is 0 Å². The summed E-state index contributed by atoms with van der Waals surface area (Å²) in [4.78, 5) is 0. The predicted molar refractivity (Wildman–Crippen MR) is 49.9 cm³/mol. The summed E-state index contributed by atoms with van der Waals surface area (Å²) >= 11 is 0. The molecule has 0 bridgehead atoms. The van der Waals surface area contributed by atoms with Crippen molar-refractivity contribution >= 4 is 0 Å². The summed E-state index contributed by atoms with van der Waals surface area (Å²) in [5.74, 6) is 0.527. The van der Waals surface area contributed by atoms with Crippen LogP contribution >= 0.6 is 0 Å². The molecule has 1 aliphatic rings. The van der Waals surface area contributed by atoms with Gasteiger partial charge in [0.2, 0.25) is 0 Å². The van der Waals surface area contributed by atoms with Gasteiger partial charge in [-0.05, 0) is 23.3 Å². The van der Waals surface area contributed by atoms with Crippen LogP contribution in [-0.4, -0.2) is 19.5 Å². The van der Waals surface area contributed by atoms with Crippen molar-refractivity contribution in [1.82, 2.24) is 5.32 Å². The van der Waals surface area contributed by atoms with E-state index in [1.54, 1.807) is 0 Å². The Balaban J connectivity index is 2.26. The van der Waals surface area contributed by atoms with Crippen LogP contribution in [0.1, 0.15) is 27.7 Å². The minimum atomic E-state index is -2.23. The lowest BCUT2D eigenvalue weighted by atomic mass is 10.0. The average molecular weight is 191 g/mol. The van der Waals surface area contributed by atoms with Gasteiger partial charge in [0.05, 0.1) is 6.54 Å². The molecule has 1 saturated carbocycles. The van der Waals surface area contributed by atoms with Gasteiger partial charge in [0.25, 0.3) is 6.43 Å². The summed E-state index contributed by atoms with van der Waals surface area (Å²) < 4.78 is 23.7. The molecule has 0 amide bonds. The van der Waals surface area contributed by atoms with Gasteiger partial charge >= 0.3 is 0 Å². The van der Waals surface area contributed by atoms with Crippen LogP contribution in [0.3, 0.4) is 0 Å². The lowest BCUT2D eigenvalue weighted by Crippen LogP contribution is -2.25. The van der Waals surface area contributed by atoms with Gasteiger partial charge in [-0.2, -0.15) is 0 Å². The lowest BCUT2D eigenvalue weighted by Gasteiger charge is -2.04. The van der Waals surface area contributed by atoms with E-state index < -0.39 is 6.43 Å². The number of rotatable bonds is 4. The Morgan fingerprint density at radius 2 is 1.62 bits per heavy atom. The zero-order valence-corrected chi connectivity index (χ0v) is 8.82. The third-order valence-electron chi connectivity index (χ3n) is 3.97. The van der Waals surface area contributed by atoms with Crippen molar-refractivity contribution in [2.45, 2.75) is 34.1 Å². The predicted octanol–water partition coefficient (Wildman–Crippen LogP) is 2.52. The van der Waals surface area contributed by atoms with Crippen LogP contribution < -0.4 is 5.32 Å². The Hall–Kier alpha value is -0.180. The molecule has 1 rings (SSSR count). The van der Waals surface area contributed by atoms with Crippen LogP contribution in [0.4, 0.5) is 8.78 Å². The minimum Gasteiger partial charge on any atom is -0.311 e. The van der Waals surface area contributed by atoms with E-state index in [4.69, 9.17) is 0 Å². The monoisotopic (exact) mass is 191 g/mol. The van der Waals surface area contributed by atoms with E-state index in [1.807, 2.05) is 0 Å². The highest BCUT2D eigenvalue weighted by Crippen LogP contribution is 2.67. The number of hydrogen-bond acceptors (Lipinski definition) is 1. The van der Waals surface area contributed by atoms with Gasteiger partial charge in [-0.3, -0.25) is 0 Å². The van der Waals surface area contributed by atoms with E-state index in [-0.39, 0.29) is 6.54 Å². The summed E-state index contributed by atoms with van der Waals surface area (Å²) in [5, 5.41) is 2.81. The molecule has 1 aliphatic carbocycles. The first-order valence-electron chi connectivity index (χ1n) is 4.79. The normalized spacial score (nSPS) is 25.2. The molecule has 0 aromatic carbocycles. The van der Waals surface area contributed by atoms with Gasteiger partial charge in [-0.1, -0.05) is 27.7 Å². The second kappa shape index (κ2) is 3.19. The third-order valence-corrected chi connectivity index (χ3v) is 3.97. The highest BCUT2D eigenvalue weighted by Gasteiger charge is 2.63. The van der Waals surface area contributed by atoms with Crippen LogP contribution in [0.2, 0.25) is 0 Å². The molecule has 0 atom stereocenters. The van der Waals surface area contributed by atoms with Gasteiger partial charge in [0, 0.05) is 0 Å². The largest absolute Gasteiger partial charge is 0.311 e. The Kier molecular flexibility index (Phi) is 2.68. The Labute approximate surface area is 78.9 Å². The van der Waals surface area contributed by atoms with Crippen LogP contribution in [0.5, 0.6) is 0 Å². The van der Waals surface area contributed by atoms with E-state index in [9.17, 15) is 8.78 Å². The fraction of sp³-hybridized carbons (Fsp3) is 1.00. The Morgan fingerprint density at radius 3 is 1.92 bits per heavy atom. The Morgan fingerprint density at radius 1 is 1.15 bits per heavy atom. The SMILES string of the molecule is CC1(C)C(CNCC(F)F)C1(C)C. The first-order valence-corrected chi connectivity index (χ1v) is 4.79. The summed E-state index contributed by atoms with van der Waals surface area (Å²) in [5.41, 5.74) is 0.588. The first kappa shape index (κ1) is 10.9. The smallest absolute Gasteiger partial charge is 0.250 e. The van der Waals surface area contributed by atoms with E-state index in [0.717, 1.165) is 0 Å². The van der Waals surface area contributed by atoms with Crippen molar-refractivity contribution in [3.63, 3.8) is 0 Å². The number of halogens is 2. The van der Waals surface area contributed by atoms with Crippen LogP contribution in [0, 0.1) is 16.7 Å². The maximum Gasteiger partial charge on any atom is 0.250 e. The molecule has 0 aliphatic heterocycles. The van der Waals surface area contributed by atoms with Gasteiger partial charge in [-0.25, -0.2) is 8.78 Å². The van der Waals surface area contributed by atoms with Crippen molar-refractivity contribution in [1.29, 1.82) is 0 Å². The quantitative estimate of drug-likeness (QED) is 0.720. The number of hydrogen-bond donors (Lipinski definition) is 1. The maximum atomic E-state index is 11.8. The molecular formula is C10H19F2N. The third kappa shape index (κ3) is 1.85. The van der Waals surface area contributed by atoms with E-state index >= 15 is 0 Å². The molecule has 0 spiro atoms. The molecule has 0 aromatic rings. The van der Waals surface area contributed by atoms with E-state index in [2.05, 4.69) is 33.0 Å². The van der Waals surface area contributed by atoms with Gasteiger partial charge < -0.3 is 5.32 Å². The summed E-state index contributed by atoms with van der Waals surface area (Å²) in [7, 11) is 0. The zero-order valence-electron chi connectivity index (χ0n) is 8.82. The average Bonchev–Trinajstić information content (AvgIpc) is 2.30. The second-order valence-electron chi connectivity index (χ2n) is 5.05.